The number of hydrogen-bond acceptors (Lipinski definition) is 5. The monoisotopic (exact) mass is 237 g/mol. The molecule has 0 heterocycles. The fraction of sp³-hybridized carbons (Fsp3) is 0.750. The van der Waals surface area contributed by atoms with Gasteiger partial charge in [0.05, 0.1) is 19.4 Å². The van der Waals surface area contributed by atoms with Crippen molar-refractivity contribution in [2.24, 2.45) is 0 Å². The van der Waals surface area contributed by atoms with Crippen LogP contribution in [0.1, 0.15) is 20.3 Å². The van der Waals surface area contributed by atoms with Gasteiger partial charge in [0.1, 0.15) is 0 Å². The highest BCUT2D eigenvalue weighted by molar-refractivity contribution is 7.53. The Kier molecular flexibility index (Phi) is 7.21. The molecular formula is C8H16NO5P. The van der Waals surface area contributed by atoms with Gasteiger partial charge in [-0.1, -0.05) is 0 Å². The van der Waals surface area contributed by atoms with Gasteiger partial charge in [0, 0.05) is 6.42 Å². The van der Waals surface area contributed by atoms with Crippen molar-refractivity contribution in [3.05, 3.63) is 0 Å². The van der Waals surface area contributed by atoms with Crippen molar-refractivity contribution in [1.82, 2.24) is 5.32 Å². The summed E-state index contributed by atoms with van der Waals surface area (Å²) in [5, 5.41) is 1.95. The Morgan fingerprint density at radius 1 is 1.33 bits per heavy atom. The molecule has 0 aliphatic carbocycles. The largest absolute Gasteiger partial charge is 0.331 e. The maximum absolute atomic E-state index is 11.8. The zero-order valence-corrected chi connectivity index (χ0v) is 9.79. The SMILES string of the molecule is CCOP(=O)(CCC(=O)NC=O)OCC. The normalized spacial score (nSPS) is 11.1. The summed E-state index contributed by atoms with van der Waals surface area (Å²) in [7, 11) is -3.17. The first-order chi connectivity index (χ1) is 7.08. The Balaban J connectivity index is 4.11. The molecule has 0 fully saturated rings. The summed E-state index contributed by atoms with van der Waals surface area (Å²) in [6, 6.07) is 0. The van der Waals surface area contributed by atoms with Crippen LogP contribution in [0.4, 0.5) is 0 Å². The minimum atomic E-state index is -3.17. The predicted molar refractivity (Wildman–Crippen MR) is 54.5 cm³/mol. The molecule has 0 aromatic carbocycles. The number of nitrogens with one attached hydrogen (secondary N) is 1. The van der Waals surface area contributed by atoms with Crippen molar-refractivity contribution in [2.45, 2.75) is 20.3 Å². The van der Waals surface area contributed by atoms with Gasteiger partial charge in [-0.15, -0.1) is 0 Å². The van der Waals surface area contributed by atoms with Crippen LogP contribution < -0.4 is 5.32 Å². The molecule has 0 aliphatic rings. The second kappa shape index (κ2) is 7.56. The van der Waals surface area contributed by atoms with Gasteiger partial charge in [0.2, 0.25) is 12.3 Å². The maximum atomic E-state index is 11.8. The van der Waals surface area contributed by atoms with Crippen molar-refractivity contribution < 1.29 is 23.2 Å². The van der Waals surface area contributed by atoms with E-state index < -0.39 is 13.5 Å². The highest BCUT2D eigenvalue weighted by Gasteiger charge is 2.24. The minimum Gasteiger partial charge on any atom is -0.309 e. The van der Waals surface area contributed by atoms with Gasteiger partial charge in [0.15, 0.2) is 0 Å². The lowest BCUT2D eigenvalue weighted by Gasteiger charge is -2.15. The van der Waals surface area contributed by atoms with Crippen LogP contribution in [0.2, 0.25) is 0 Å². The summed E-state index contributed by atoms with van der Waals surface area (Å²) in [6.07, 6.45) is 0.207. The number of carbonyl (C=O) groups is 2. The van der Waals surface area contributed by atoms with Crippen LogP contribution in [0.5, 0.6) is 0 Å². The van der Waals surface area contributed by atoms with Crippen LogP contribution >= 0.6 is 7.60 Å². The van der Waals surface area contributed by atoms with E-state index >= 15 is 0 Å². The van der Waals surface area contributed by atoms with Crippen LogP contribution in [-0.4, -0.2) is 31.7 Å². The Morgan fingerprint density at radius 3 is 2.27 bits per heavy atom. The summed E-state index contributed by atoms with van der Waals surface area (Å²) in [4.78, 5) is 20.9. The quantitative estimate of drug-likeness (QED) is 0.501. The average molecular weight is 237 g/mol. The highest BCUT2D eigenvalue weighted by atomic mass is 31.2. The predicted octanol–water partition coefficient (Wildman–Crippen LogP) is 0.915. The Bertz CT molecular complexity index is 245. The molecule has 1 N–H and O–H groups in total. The molecule has 0 saturated heterocycles. The molecule has 0 bridgehead atoms. The third kappa shape index (κ3) is 6.38. The second-order valence-corrected chi connectivity index (χ2v) is 4.79. The van der Waals surface area contributed by atoms with Gasteiger partial charge >= 0.3 is 7.60 Å². The molecule has 0 spiro atoms. The molecule has 0 radical (unpaired) electrons. The number of amides is 2. The van der Waals surface area contributed by atoms with Crippen LogP contribution in [0.25, 0.3) is 0 Å². The first-order valence-electron chi connectivity index (χ1n) is 4.69. The smallest absolute Gasteiger partial charge is 0.309 e. The number of rotatable bonds is 8. The van der Waals surface area contributed by atoms with Gasteiger partial charge in [-0.05, 0) is 13.8 Å². The van der Waals surface area contributed by atoms with E-state index in [-0.39, 0.29) is 32.2 Å². The summed E-state index contributed by atoms with van der Waals surface area (Å²) < 4.78 is 21.7. The molecule has 0 unspecified atom stereocenters. The standard InChI is InChI=1S/C8H16NO5P/c1-3-13-15(12,14-4-2)6-5-8(11)9-7-10/h7H,3-6H2,1-2H3,(H,9,10,11). The zero-order valence-electron chi connectivity index (χ0n) is 8.89. The summed E-state index contributed by atoms with van der Waals surface area (Å²) in [6.45, 7) is 3.90. The third-order valence-corrected chi connectivity index (χ3v) is 3.56. The number of hydrogen-bond donors (Lipinski definition) is 1. The zero-order chi connectivity index (χ0) is 11.7. The van der Waals surface area contributed by atoms with E-state index in [2.05, 4.69) is 0 Å². The number of carbonyl (C=O) groups excluding carboxylic acids is 2. The first kappa shape index (κ1) is 14.3. The van der Waals surface area contributed by atoms with Crippen LogP contribution in [-0.2, 0) is 23.2 Å². The molecule has 6 nitrogen and oxygen atoms in total. The molecule has 0 atom stereocenters. The topological polar surface area (TPSA) is 81.7 Å². The summed E-state index contributed by atoms with van der Waals surface area (Å²) >= 11 is 0. The van der Waals surface area contributed by atoms with Crippen molar-refractivity contribution in [1.29, 1.82) is 0 Å². The Morgan fingerprint density at radius 2 is 1.87 bits per heavy atom. The van der Waals surface area contributed by atoms with Crippen LogP contribution in [0.3, 0.4) is 0 Å². The summed E-state index contributed by atoms with van der Waals surface area (Å²) in [5.41, 5.74) is 0. The van der Waals surface area contributed by atoms with E-state index in [1.54, 1.807) is 13.8 Å². The maximum Gasteiger partial charge on any atom is 0.331 e. The lowest BCUT2D eigenvalue weighted by molar-refractivity contribution is -0.125. The van der Waals surface area contributed by atoms with E-state index in [4.69, 9.17) is 9.05 Å². The minimum absolute atomic E-state index is 0.0195. The van der Waals surface area contributed by atoms with Gasteiger partial charge in [-0.3, -0.25) is 19.5 Å². The fourth-order valence-corrected chi connectivity index (χ4v) is 2.53. The van der Waals surface area contributed by atoms with E-state index in [1.807, 2.05) is 5.32 Å². The van der Waals surface area contributed by atoms with E-state index in [0.29, 0.717) is 0 Å². The van der Waals surface area contributed by atoms with Crippen LogP contribution in [0, 0.1) is 0 Å². The molecule has 0 aromatic rings. The summed E-state index contributed by atoms with van der Waals surface area (Å²) in [5.74, 6) is -0.496. The Hall–Kier alpha value is -0.710. The molecule has 15 heavy (non-hydrogen) atoms. The van der Waals surface area contributed by atoms with Crippen molar-refractivity contribution in [3.63, 3.8) is 0 Å². The van der Waals surface area contributed by atoms with E-state index in [9.17, 15) is 14.2 Å². The van der Waals surface area contributed by atoms with E-state index in [0.717, 1.165) is 0 Å². The van der Waals surface area contributed by atoms with E-state index in [1.165, 1.54) is 0 Å². The van der Waals surface area contributed by atoms with Gasteiger partial charge < -0.3 is 9.05 Å². The lowest BCUT2D eigenvalue weighted by Crippen LogP contribution is -2.22. The Labute approximate surface area is 88.9 Å². The molecule has 2 amide bonds. The molecular weight excluding hydrogens is 221 g/mol. The third-order valence-electron chi connectivity index (χ3n) is 1.48. The molecule has 0 aliphatic heterocycles. The first-order valence-corrected chi connectivity index (χ1v) is 6.42. The van der Waals surface area contributed by atoms with Gasteiger partial charge in [-0.25, -0.2) is 0 Å². The molecule has 0 rings (SSSR count). The lowest BCUT2D eigenvalue weighted by atomic mass is 10.5. The van der Waals surface area contributed by atoms with Crippen LogP contribution in [0.15, 0.2) is 0 Å². The molecule has 0 saturated carbocycles. The molecule has 0 aromatic heterocycles. The number of imide groups is 1. The van der Waals surface area contributed by atoms with Crippen molar-refractivity contribution in [3.8, 4) is 0 Å². The molecule has 7 heteroatoms. The second-order valence-electron chi connectivity index (χ2n) is 2.61. The molecule has 88 valence electrons. The van der Waals surface area contributed by atoms with Gasteiger partial charge in [-0.2, -0.15) is 0 Å². The van der Waals surface area contributed by atoms with Gasteiger partial charge in [0.25, 0.3) is 0 Å². The van der Waals surface area contributed by atoms with Crippen molar-refractivity contribution >= 4 is 19.9 Å². The highest BCUT2D eigenvalue weighted by Crippen LogP contribution is 2.48. The average Bonchev–Trinajstić information content (AvgIpc) is 2.16. The van der Waals surface area contributed by atoms with Crippen molar-refractivity contribution in [2.75, 3.05) is 19.4 Å². The fourth-order valence-electron chi connectivity index (χ4n) is 0.936.